The molecular formula is C30H26OS. The molecular weight excluding hydrogens is 408 g/mol. The van der Waals surface area contributed by atoms with Crippen LogP contribution >= 0.6 is 12.2 Å². The minimum absolute atomic E-state index is 0.00372. The van der Waals surface area contributed by atoms with E-state index in [0.717, 1.165) is 33.5 Å². The summed E-state index contributed by atoms with van der Waals surface area (Å²) < 4.78 is 0. The molecule has 4 rings (SSSR count). The zero-order valence-electron chi connectivity index (χ0n) is 18.3. The summed E-state index contributed by atoms with van der Waals surface area (Å²) >= 11 is 5.96. The second kappa shape index (κ2) is 10.3. The highest BCUT2D eigenvalue weighted by atomic mass is 32.1. The maximum absolute atomic E-state index is 13.5. The van der Waals surface area contributed by atoms with E-state index in [1.807, 2.05) is 78.9 Å². The molecule has 0 atom stereocenters. The fourth-order valence-corrected chi connectivity index (χ4v) is 4.26. The topological polar surface area (TPSA) is 17.1 Å². The molecule has 0 radical (unpaired) electrons. The normalized spacial score (nSPS) is 10.7. The lowest BCUT2D eigenvalue weighted by molar-refractivity contribution is 0.103. The van der Waals surface area contributed by atoms with Crippen molar-refractivity contribution in [1.82, 2.24) is 0 Å². The molecule has 0 aliphatic heterocycles. The summed E-state index contributed by atoms with van der Waals surface area (Å²) in [7, 11) is 0. The van der Waals surface area contributed by atoms with Gasteiger partial charge in [-0.25, -0.2) is 0 Å². The van der Waals surface area contributed by atoms with Crippen LogP contribution < -0.4 is 0 Å². The Bertz CT molecular complexity index is 1210. The number of rotatable bonds is 8. The Kier molecular flexibility index (Phi) is 7.03. The predicted molar refractivity (Wildman–Crippen MR) is 138 cm³/mol. The first-order valence-electron chi connectivity index (χ1n) is 11.1. The van der Waals surface area contributed by atoms with Crippen molar-refractivity contribution < 1.29 is 4.79 Å². The first-order valence-corrected chi connectivity index (χ1v) is 11.5. The van der Waals surface area contributed by atoms with E-state index in [1.54, 1.807) is 0 Å². The van der Waals surface area contributed by atoms with Crippen LogP contribution in [0.25, 0.3) is 11.1 Å². The van der Waals surface area contributed by atoms with Crippen LogP contribution in [-0.2, 0) is 6.42 Å². The van der Waals surface area contributed by atoms with E-state index in [-0.39, 0.29) is 5.78 Å². The fourth-order valence-electron chi connectivity index (χ4n) is 3.95. The molecule has 0 amide bonds. The second-order valence-electron chi connectivity index (χ2n) is 7.92. The number of ketones is 1. The van der Waals surface area contributed by atoms with Crippen molar-refractivity contribution in [3.05, 3.63) is 131 Å². The lowest BCUT2D eigenvalue weighted by Crippen LogP contribution is -2.09. The monoisotopic (exact) mass is 434 g/mol. The Hall–Kier alpha value is -3.36. The molecule has 0 saturated heterocycles. The van der Waals surface area contributed by atoms with Gasteiger partial charge in [0.1, 0.15) is 0 Å². The number of benzene rings is 4. The summed E-state index contributed by atoms with van der Waals surface area (Å²) in [6.45, 7) is 2.21. The molecule has 0 aliphatic carbocycles. The van der Waals surface area contributed by atoms with Gasteiger partial charge >= 0.3 is 0 Å². The van der Waals surface area contributed by atoms with Crippen molar-refractivity contribution in [3.8, 4) is 11.1 Å². The number of aryl methyl sites for hydroxylation is 1. The molecule has 158 valence electrons. The minimum atomic E-state index is 0.00372. The van der Waals surface area contributed by atoms with Crippen LogP contribution in [0.2, 0.25) is 0 Å². The average molecular weight is 435 g/mol. The predicted octanol–water partition coefficient (Wildman–Crippen LogP) is 7.69. The highest BCUT2D eigenvalue weighted by molar-refractivity contribution is 7.81. The smallest absolute Gasteiger partial charge is 0.193 e. The van der Waals surface area contributed by atoms with Crippen molar-refractivity contribution >= 4 is 22.9 Å². The lowest BCUT2D eigenvalue weighted by Gasteiger charge is -2.16. The van der Waals surface area contributed by atoms with Crippen LogP contribution in [0.3, 0.4) is 0 Å². The Morgan fingerprint density at radius 3 is 1.97 bits per heavy atom. The van der Waals surface area contributed by atoms with Crippen molar-refractivity contribution in [2.75, 3.05) is 0 Å². The first-order chi connectivity index (χ1) is 15.7. The van der Waals surface area contributed by atoms with Gasteiger partial charge in [0.25, 0.3) is 0 Å². The zero-order chi connectivity index (χ0) is 22.3. The molecule has 0 bridgehead atoms. The fraction of sp³-hybridized carbons (Fsp3) is 0.133. The third-order valence-electron chi connectivity index (χ3n) is 5.69. The molecule has 0 fully saturated rings. The van der Waals surface area contributed by atoms with E-state index in [0.29, 0.717) is 11.1 Å². The Morgan fingerprint density at radius 1 is 0.688 bits per heavy atom. The van der Waals surface area contributed by atoms with Gasteiger partial charge in [-0.05, 0) is 29.5 Å². The number of carbonyl (C=O) groups excluding carboxylic acids is 1. The second-order valence-corrected chi connectivity index (χ2v) is 8.33. The number of carbonyl (C=O) groups is 1. The highest BCUT2D eigenvalue weighted by Gasteiger charge is 2.20. The van der Waals surface area contributed by atoms with E-state index >= 15 is 0 Å². The van der Waals surface area contributed by atoms with Gasteiger partial charge in [-0.3, -0.25) is 4.79 Å². The van der Waals surface area contributed by atoms with Crippen LogP contribution in [0.1, 0.15) is 52.4 Å². The Balaban J connectivity index is 1.80. The molecule has 0 saturated carbocycles. The molecule has 0 heterocycles. The van der Waals surface area contributed by atoms with Crippen LogP contribution in [0.5, 0.6) is 0 Å². The molecule has 0 N–H and O–H groups in total. The van der Waals surface area contributed by atoms with Gasteiger partial charge in [-0.1, -0.05) is 129 Å². The largest absolute Gasteiger partial charge is 0.289 e. The number of unbranched alkanes of at least 4 members (excludes halogenated alkanes) is 1. The summed E-state index contributed by atoms with van der Waals surface area (Å²) in [5.74, 6) is 0.00372. The van der Waals surface area contributed by atoms with E-state index in [2.05, 4.69) is 31.2 Å². The number of hydrogen-bond acceptors (Lipinski definition) is 2. The van der Waals surface area contributed by atoms with E-state index < -0.39 is 0 Å². The quantitative estimate of drug-likeness (QED) is 0.209. The number of hydrogen-bond donors (Lipinski definition) is 0. The van der Waals surface area contributed by atoms with Gasteiger partial charge in [0, 0.05) is 22.3 Å². The summed E-state index contributed by atoms with van der Waals surface area (Å²) in [5, 5.41) is 0. The molecule has 4 aromatic carbocycles. The standard InChI is InChI=1S/C30H26OS/c1-2-3-11-22-18-20-25(21-19-22)30(32)27-17-10-16-26(28(27)23-12-6-4-7-13-23)29(31)24-14-8-5-9-15-24/h4-10,12-21H,2-3,11H2,1H3. The van der Waals surface area contributed by atoms with Crippen molar-refractivity contribution in [2.45, 2.75) is 26.2 Å². The molecule has 0 spiro atoms. The van der Waals surface area contributed by atoms with Crippen LogP contribution in [-0.4, -0.2) is 10.6 Å². The molecule has 0 aromatic heterocycles. The summed E-state index contributed by atoms with van der Waals surface area (Å²) in [5.41, 5.74) is 6.46. The molecule has 0 unspecified atom stereocenters. The third-order valence-corrected chi connectivity index (χ3v) is 6.14. The van der Waals surface area contributed by atoms with Crippen molar-refractivity contribution in [2.24, 2.45) is 0 Å². The van der Waals surface area contributed by atoms with Gasteiger partial charge in [0.15, 0.2) is 5.78 Å². The highest BCUT2D eigenvalue weighted by Crippen LogP contribution is 2.31. The molecule has 0 aliphatic rings. The molecule has 1 nitrogen and oxygen atoms in total. The van der Waals surface area contributed by atoms with Crippen LogP contribution in [0, 0.1) is 0 Å². The average Bonchev–Trinajstić information content (AvgIpc) is 2.87. The van der Waals surface area contributed by atoms with Crippen molar-refractivity contribution in [3.63, 3.8) is 0 Å². The zero-order valence-corrected chi connectivity index (χ0v) is 19.1. The Morgan fingerprint density at radius 2 is 1.31 bits per heavy atom. The van der Waals surface area contributed by atoms with Crippen LogP contribution in [0.4, 0.5) is 0 Å². The summed E-state index contributed by atoms with van der Waals surface area (Å²) in [6, 6.07) is 33.9. The third kappa shape index (κ3) is 4.76. The van der Waals surface area contributed by atoms with E-state index in [9.17, 15) is 4.79 Å². The minimum Gasteiger partial charge on any atom is -0.289 e. The Labute approximate surface area is 195 Å². The maximum Gasteiger partial charge on any atom is 0.193 e. The number of thiocarbonyl (C=S) groups is 1. The maximum atomic E-state index is 13.5. The van der Waals surface area contributed by atoms with E-state index in [1.165, 1.54) is 18.4 Å². The van der Waals surface area contributed by atoms with Crippen LogP contribution in [0.15, 0.2) is 103 Å². The molecule has 4 aromatic rings. The first kappa shape index (κ1) is 21.9. The van der Waals surface area contributed by atoms with Gasteiger partial charge in [-0.2, -0.15) is 0 Å². The van der Waals surface area contributed by atoms with Gasteiger partial charge < -0.3 is 0 Å². The van der Waals surface area contributed by atoms with E-state index in [4.69, 9.17) is 12.2 Å². The molecule has 2 heteroatoms. The summed E-state index contributed by atoms with van der Waals surface area (Å²) in [6.07, 6.45) is 3.45. The van der Waals surface area contributed by atoms with Gasteiger partial charge in [0.2, 0.25) is 0 Å². The van der Waals surface area contributed by atoms with Crippen molar-refractivity contribution in [1.29, 1.82) is 0 Å². The van der Waals surface area contributed by atoms with Gasteiger partial charge in [-0.15, -0.1) is 0 Å². The SMILES string of the molecule is CCCCc1ccc(C(=S)c2cccc(C(=O)c3ccccc3)c2-c2ccccc2)cc1. The molecule has 32 heavy (non-hydrogen) atoms. The summed E-state index contributed by atoms with van der Waals surface area (Å²) in [4.78, 5) is 14.2. The lowest BCUT2D eigenvalue weighted by atomic mass is 9.87. The van der Waals surface area contributed by atoms with Gasteiger partial charge in [0.05, 0.1) is 4.86 Å².